The van der Waals surface area contributed by atoms with Crippen LogP contribution in [0.1, 0.15) is 12.5 Å². The summed E-state index contributed by atoms with van der Waals surface area (Å²) in [7, 11) is 0. The lowest BCUT2D eigenvalue weighted by Gasteiger charge is -2.08. The molecule has 0 aliphatic carbocycles. The van der Waals surface area contributed by atoms with Gasteiger partial charge >= 0.3 is 0 Å². The Balaban J connectivity index is 2.17. The first kappa shape index (κ1) is 13.9. The Kier molecular flexibility index (Phi) is 4.96. The predicted octanol–water partition coefficient (Wildman–Crippen LogP) is 5.58. The molecule has 2 rings (SSSR count). The van der Waals surface area contributed by atoms with E-state index >= 15 is 0 Å². The van der Waals surface area contributed by atoms with Crippen LogP contribution < -0.4 is 5.32 Å². The normalized spacial score (nSPS) is 11.6. The highest BCUT2D eigenvalue weighted by Gasteiger charge is 1.98. The number of benzene rings is 2. The molecule has 100 valence electrons. The predicted molar refractivity (Wildman–Crippen MR) is 89.2 cm³/mol. The van der Waals surface area contributed by atoms with Gasteiger partial charge in [-0.25, -0.2) is 0 Å². The first-order valence-electron chi connectivity index (χ1n) is 6.71. The van der Waals surface area contributed by atoms with Gasteiger partial charge in [-0.15, -0.1) is 0 Å². The zero-order valence-corrected chi connectivity index (χ0v) is 11.7. The van der Waals surface area contributed by atoms with Crippen LogP contribution in [0.3, 0.4) is 0 Å². The van der Waals surface area contributed by atoms with Crippen molar-refractivity contribution in [1.29, 1.82) is 0 Å². The van der Waals surface area contributed by atoms with Gasteiger partial charge in [-0.1, -0.05) is 61.2 Å². The number of rotatable bonds is 5. The van der Waals surface area contributed by atoms with Crippen molar-refractivity contribution >= 4 is 16.9 Å². The molecule has 0 saturated heterocycles. The molecule has 0 aliphatic heterocycles. The topological polar surface area (TPSA) is 12.0 Å². The second-order valence-electron chi connectivity index (χ2n) is 4.43. The van der Waals surface area contributed by atoms with Crippen LogP contribution in [0.2, 0.25) is 0 Å². The Morgan fingerprint density at radius 1 is 0.950 bits per heavy atom. The third kappa shape index (κ3) is 3.72. The minimum absolute atomic E-state index is 1.08. The Hall–Kier alpha value is -2.54. The minimum atomic E-state index is 1.08. The standard InChI is InChI=1S/C19H19N/c1-3-8-16(9-4-2)17-12-14-19(15-13-17)20-18-10-6-5-7-11-18/h3-15,20H,1H2,2H3/b9-4-,16-8+. The molecular formula is C19H19N. The largest absolute Gasteiger partial charge is 0.356 e. The highest BCUT2D eigenvalue weighted by Crippen LogP contribution is 2.21. The van der Waals surface area contributed by atoms with E-state index in [-0.39, 0.29) is 0 Å². The smallest absolute Gasteiger partial charge is 0.0384 e. The van der Waals surface area contributed by atoms with Crippen molar-refractivity contribution < 1.29 is 0 Å². The van der Waals surface area contributed by atoms with E-state index in [9.17, 15) is 0 Å². The van der Waals surface area contributed by atoms with Gasteiger partial charge in [-0.3, -0.25) is 0 Å². The van der Waals surface area contributed by atoms with Crippen molar-refractivity contribution in [2.24, 2.45) is 0 Å². The van der Waals surface area contributed by atoms with E-state index in [1.165, 1.54) is 5.56 Å². The minimum Gasteiger partial charge on any atom is -0.356 e. The van der Waals surface area contributed by atoms with E-state index in [0.29, 0.717) is 0 Å². The molecule has 1 nitrogen and oxygen atoms in total. The lowest BCUT2D eigenvalue weighted by molar-refractivity contribution is 1.53. The van der Waals surface area contributed by atoms with Crippen molar-refractivity contribution in [3.63, 3.8) is 0 Å². The lowest BCUT2D eigenvalue weighted by atomic mass is 10.0. The number of hydrogen-bond acceptors (Lipinski definition) is 1. The van der Waals surface area contributed by atoms with Crippen LogP contribution in [-0.4, -0.2) is 0 Å². The Morgan fingerprint density at radius 3 is 2.20 bits per heavy atom. The van der Waals surface area contributed by atoms with Gasteiger partial charge < -0.3 is 5.32 Å². The molecule has 0 atom stereocenters. The van der Waals surface area contributed by atoms with Crippen LogP contribution in [-0.2, 0) is 0 Å². The van der Waals surface area contributed by atoms with Crippen LogP contribution in [0.4, 0.5) is 11.4 Å². The molecule has 2 aromatic carbocycles. The zero-order chi connectivity index (χ0) is 14.2. The maximum atomic E-state index is 3.76. The van der Waals surface area contributed by atoms with Crippen molar-refractivity contribution in [3.05, 3.63) is 91.0 Å². The fourth-order valence-corrected chi connectivity index (χ4v) is 1.99. The molecule has 0 unspecified atom stereocenters. The average molecular weight is 261 g/mol. The summed E-state index contributed by atoms with van der Waals surface area (Å²) >= 11 is 0. The summed E-state index contributed by atoms with van der Waals surface area (Å²) in [4.78, 5) is 0. The molecule has 0 aliphatic rings. The average Bonchev–Trinajstić information content (AvgIpc) is 2.49. The molecule has 0 bridgehead atoms. The first-order chi connectivity index (χ1) is 9.83. The first-order valence-corrected chi connectivity index (χ1v) is 6.71. The number of anilines is 2. The van der Waals surface area contributed by atoms with Gasteiger partial charge in [0.25, 0.3) is 0 Å². The van der Waals surface area contributed by atoms with E-state index in [4.69, 9.17) is 0 Å². The fraction of sp³-hybridized carbons (Fsp3) is 0.0526. The highest BCUT2D eigenvalue weighted by molar-refractivity contribution is 5.76. The molecule has 1 heteroatoms. The maximum absolute atomic E-state index is 3.76. The van der Waals surface area contributed by atoms with Gasteiger partial charge in [0, 0.05) is 11.4 Å². The Morgan fingerprint density at radius 2 is 1.60 bits per heavy atom. The van der Waals surface area contributed by atoms with Crippen molar-refractivity contribution in [1.82, 2.24) is 0 Å². The van der Waals surface area contributed by atoms with Crippen LogP contribution in [0, 0.1) is 0 Å². The van der Waals surface area contributed by atoms with Crippen LogP contribution in [0.25, 0.3) is 5.57 Å². The summed E-state index contributed by atoms with van der Waals surface area (Å²) in [6, 6.07) is 18.6. The molecule has 0 fully saturated rings. The lowest BCUT2D eigenvalue weighted by Crippen LogP contribution is -1.90. The van der Waals surface area contributed by atoms with E-state index in [1.54, 1.807) is 0 Å². The van der Waals surface area contributed by atoms with Gasteiger partial charge in [0.1, 0.15) is 0 Å². The summed E-state index contributed by atoms with van der Waals surface area (Å²) < 4.78 is 0. The molecule has 0 saturated carbocycles. The van der Waals surface area contributed by atoms with Crippen LogP contribution in [0.15, 0.2) is 85.5 Å². The number of para-hydroxylation sites is 1. The molecular weight excluding hydrogens is 242 g/mol. The molecule has 0 amide bonds. The summed E-state index contributed by atoms with van der Waals surface area (Å²) in [5.41, 5.74) is 4.52. The van der Waals surface area contributed by atoms with Crippen LogP contribution >= 0.6 is 0 Å². The van der Waals surface area contributed by atoms with E-state index in [1.807, 2.05) is 43.4 Å². The summed E-state index contributed by atoms with van der Waals surface area (Å²) in [6.45, 7) is 5.78. The quantitative estimate of drug-likeness (QED) is 0.693. The van der Waals surface area contributed by atoms with Crippen molar-refractivity contribution in [2.45, 2.75) is 6.92 Å². The van der Waals surface area contributed by atoms with E-state index < -0.39 is 0 Å². The summed E-state index contributed by atoms with van der Waals surface area (Å²) in [6.07, 6.45) is 7.94. The second kappa shape index (κ2) is 7.15. The monoisotopic (exact) mass is 261 g/mol. The zero-order valence-electron chi connectivity index (χ0n) is 11.7. The third-order valence-electron chi connectivity index (χ3n) is 2.92. The number of hydrogen-bond donors (Lipinski definition) is 1. The Bertz CT molecular complexity index is 604. The van der Waals surface area contributed by atoms with Gasteiger partial charge in [0.05, 0.1) is 0 Å². The molecule has 20 heavy (non-hydrogen) atoms. The van der Waals surface area contributed by atoms with Crippen LogP contribution in [0.5, 0.6) is 0 Å². The molecule has 1 N–H and O–H groups in total. The van der Waals surface area contributed by atoms with Gasteiger partial charge in [0.2, 0.25) is 0 Å². The fourth-order valence-electron chi connectivity index (χ4n) is 1.99. The summed E-state index contributed by atoms with van der Waals surface area (Å²) in [5, 5.41) is 3.38. The van der Waals surface area contributed by atoms with Gasteiger partial charge in [0.15, 0.2) is 0 Å². The summed E-state index contributed by atoms with van der Waals surface area (Å²) in [5.74, 6) is 0. The second-order valence-corrected chi connectivity index (χ2v) is 4.43. The maximum Gasteiger partial charge on any atom is 0.0384 e. The van der Waals surface area contributed by atoms with Crippen molar-refractivity contribution in [3.8, 4) is 0 Å². The van der Waals surface area contributed by atoms with Gasteiger partial charge in [-0.05, 0) is 42.3 Å². The third-order valence-corrected chi connectivity index (χ3v) is 2.92. The highest BCUT2D eigenvalue weighted by atomic mass is 14.9. The molecule has 0 aromatic heterocycles. The SMILES string of the molecule is C=C/C=C(\C=C/C)c1ccc(Nc2ccccc2)cc1. The van der Waals surface area contributed by atoms with Crippen molar-refractivity contribution in [2.75, 3.05) is 5.32 Å². The molecule has 0 spiro atoms. The van der Waals surface area contributed by atoms with E-state index in [0.717, 1.165) is 16.9 Å². The molecule has 0 radical (unpaired) electrons. The number of nitrogens with one attached hydrogen (secondary N) is 1. The van der Waals surface area contributed by atoms with Gasteiger partial charge in [-0.2, -0.15) is 0 Å². The Labute approximate surface area is 121 Å². The molecule has 0 heterocycles. The number of allylic oxidation sites excluding steroid dienone is 5. The van der Waals surface area contributed by atoms with E-state index in [2.05, 4.69) is 54.4 Å². The molecule has 2 aromatic rings.